The molecule has 1 unspecified atom stereocenters. The fourth-order valence-corrected chi connectivity index (χ4v) is 8.28. The summed E-state index contributed by atoms with van der Waals surface area (Å²) in [5.74, 6) is 0.418. The third-order valence-corrected chi connectivity index (χ3v) is 10.8. The first-order chi connectivity index (χ1) is 19.1. The topological polar surface area (TPSA) is 82.2 Å². The molecular formula is C31H35N5O2S2. The molecule has 1 saturated carbocycles. The lowest BCUT2D eigenvalue weighted by Crippen LogP contribution is -2.33. The highest BCUT2D eigenvalue weighted by atomic mass is 32.2. The minimum Gasteiger partial charge on any atom is -0.351 e. The SMILES string of the molecule is C.O=S(=O)(C1=CC=CC1)N(CC1CC1)c1cccc2cc(-c3ncc(CN4CCCC4c4ccccn4)s3)[nH]c12. The number of allylic oxidation sites excluding steroid dienone is 4. The summed E-state index contributed by atoms with van der Waals surface area (Å²) in [4.78, 5) is 17.1. The third kappa shape index (κ3) is 5.13. The van der Waals surface area contributed by atoms with E-state index in [1.807, 2.05) is 48.8 Å². The standard InChI is InChI=1S/C30H31N5O2S2.CH4/c36-39(37,24-8-1-2-9-24)35(19-21-13-14-21)28-11-5-7-22-17-26(33-29(22)28)30-32-18-23(38-30)20-34-16-6-12-27(34)25-10-3-4-15-31-25;/h1-5,7-8,10-11,15,17-18,21,27,33H,6,9,12-14,16,19-20H2;1H4. The number of nitrogens with zero attached hydrogens (tertiary/aromatic N) is 4. The average Bonchev–Trinajstić information content (AvgIpc) is 3.45. The van der Waals surface area contributed by atoms with E-state index in [1.165, 1.54) is 11.3 Å². The van der Waals surface area contributed by atoms with Gasteiger partial charge in [0.15, 0.2) is 0 Å². The molecule has 3 aliphatic rings. The van der Waals surface area contributed by atoms with Crippen molar-refractivity contribution in [1.29, 1.82) is 0 Å². The average molecular weight is 574 g/mol. The van der Waals surface area contributed by atoms with Crippen LogP contribution >= 0.6 is 11.3 Å². The fraction of sp³-hybridized carbons (Fsp3) is 0.355. The number of anilines is 1. The number of H-pyrrole nitrogens is 1. The summed E-state index contributed by atoms with van der Waals surface area (Å²) in [6, 6.07) is 14.5. The molecule has 4 heterocycles. The summed E-state index contributed by atoms with van der Waals surface area (Å²) in [6.45, 7) is 2.42. The molecule has 3 aromatic heterocycles. The van der Waals surface area contributed by atoms with Gasteiger partial charge in [-0.05, 0) is 68.5 Å². The summed E-state index contributed by atoms with van der Waals surface area (Å²) >= 11 is 1.69. The number of hydrogen-bond donors (Lipinski definition) is 1. The summed E-state index contributed by atoms with van der Waals surface area (Å²) in [7, 11) is -3.60. The van der Waals surface area contributed by atoms with Gasteiger partial charge in [-0.3, -0.25) is 14.2 Å². The molecule has 1 aromatic carbocycles. The highest BCUT2D eigenvalue weighted by Gasteiger charge is 2.34. The Kier molecular flexibility index (Phi) is 7.37. The molecule has 0 radical (unpaired) electrons. The smallest absolute Gasteiger partial charge is 0.260 e. The van der Waals surface area contributed by atoms with Crippen molar-refractivity contribution in [2.75, 3.05) is 17.4 Å². The number of hydrogen-bond acceptors (Lipinski definition) is 6. The molecule has 0 spiro atoms. The first kappa shape index (κ1) is 26.9. The van der Waals surface area contributed by atoms with Crippen LogP contribution in [0.4, 0.5) is 5.69 Å². The Morgan fingerprint density at radius 1 is 1.10 bits per heavy atom. The molecule has 1 N–H and O–H groups in total. The molecule has 1 atom stereocenters. The van der Waals surface area contributed by atoms with Crippen LogP contribution in [0, 0.1) is 5.92 Å². The van der Waals surface area contributed by atoms with Gasteiger partial charge in [0.2, 0.25) is 0 Å². The van der Waals surface area contributed by atoms with Crippen molar-refractivity contribution in [3.05, 3.63) is 88.6 Å². The number of benzene rings is 1. The molecule has 1 saturated heterocycles. The summed E-state index contributed by atoms with van der Waals surface area (Å²) in [5.41, 5.74) is 3.61. The number of rotatable bonds is 9. The van der Waals surface area contributed by atoms with E-state index in [0.29, 0.717) is 35.5 Å². The second kappa shape index (κ2) is 11.0. The molecule has 4 aromatic rings. The van der Waals surface area contributed by atoms with Crippen LogP contribution in [0.3, 0.4) is 0 Å². The van der Waals surface area contributed by atoms with Crippen molar-refractivity contribution in [2.24, 2.45) is 5.92 Å². The Morgan fingerprint density at radius 2 is 2.00 bits per heavy atom. The second-order valence-corrected chi connectivity index (χ2v) is 13.7. The second-order valence-electron chi connectivity index (χ2n) is 10.7. The Bertz CT molecular complexity index is 1670. The molecule has 7 rings (SSSR count). The summed E-state index contributed by atoms with van der Waals surface area (Å²) in [5, 5.41) is 1.91. The van der Waals surface area contributed by atoms with Gasteiger partial charge in [0.25, 0.3) is 10.0 Å². The van der Waals surface area contributed by atoms with Crippen LogP contribution in [0.5, 0.6) is 0 Å². The molecule has 0 amide bonds. The highest BCUT2D eigenvalue weighted by Crippen LogP contribution is 2.39. The maximum Gasteiger partial charge on any atom is 0.260 e. The van der Waals surface area contributed by atoms with E-state index in [1.54, 1.807) is 21.7 Å². The van der Waals surface area contributed by atoms with Crippen molar-refractivity contribution < 1.29 is 8.42 Å². The van der Waals surface area contributed by atoms with Crippen LogP contribution in [-0.4, -0.2) is 41.4 Å². The summed E-state index contributed by atoms with van der Waals surface area (Å²) in [6.07, 6.45) is 14.2. The van der Waals surface area contributed by atoms with Gasteiger partial charge < -0.3 is 4.98 Å². The van der Waals surface area contributed by atoms with E-state index in [9.17, 15) is 8.42 Å². The first-order valence-electron chi connectivity index (χ1n) is 13.7. The van der Waals surface area contributed by atoms with Crippen LogP contribution in [-0.2, 0) is 16.6 Å². The Hall–Kier alpha value is -3.27. The third-order valence-electron chi connectivity index (χ3n) is 7.92. The van der Waals surface area contributed by atoms with Crippen LogP contribution < -0.4 is 4.31 Å². The fourth-order valence-electron chi connectivity index (χ4n) is 5.71. The van der Waals surface area contributed by atoms with Crippen molar-refractivity contribution in [3.63, 3.8) is 0 Å². The molecule has 40 heavy (non-hydrogen) atoms. The Balaban J connectivity index is 0.00000289. The van der Waals surface area contributed by atoms with Gasteiger partial charge in [0.1, 0.15) is 5.01 Å². The van der Waals surface area contributed by atoms with Crippen molar-refractivity contribution >= 4 is 38.0 Å². The molecule has 9 heteroatoms. The zero-order chi connectivity index (χ0) is 26.4. The van der Waals surface area contributed by atoms with Gasteiger partial charge in [-0.15, -0.1) is 11.3 Å². The highest BCUT2D eigenvalue weighted by molar-refractivity contribution is 7.96. The lowest BCUT2D eigenvalue weighted by molar-refractivity contribution is 0.246. The minimum absolute atomic E-state index is 0. The monoisotopic (exact) mass is 573 g/mol. The lowest BCUT2D eigenvalue weighted by atomic mass is 10.1. The predicted octanol–water partition coefficient (Wildman–Crippen LogP) is 7.05. The van der Waals surface area contributed by atoms with Crippen molar-refractivity contribution in [1.82, 2.24) is 19.9 Å². The zero-order valence-corrected chi connectivity index (χ0v) is 23.3. The van der Waals surface area contributed by atoms with E-state index < -0.39 is 10.0 Å². The molecule has 208 valence electrons. The molecule has 7 nitrogen and oxygen atoms in total. The maximum absolute atomic E-state index is 13.7. The van der Waals surface area contributed by atoms with Crippen molar-refractivity contribution in [2.45, 2.75) is 52.1 Å². The van der Waals surface area contributed by atoms with Gasteiger partial charge in [0.05, 0.1) is 33.5 Å². The van der Waals surface area contributed by atoms with Crippen LogP contribution in [0.1, 0.15) is 56.1 Å². The van der Waals surface area contributed by atoms with Crippen molar-refractivity contribution in [3.8, 4) is 10.7 Å². The Morgan fingerprint density at radius 3 is 2.77 bits per heavy atom. The van der Waals surface area contributed by atoms with Gasteiger partial charge in [-0.1, -0.05) is 37.8 Å². The molecule has 2 aliphatic carbocycles. The number of pyridine rings is 1. The first-order valence-corrected chi connectivity index (χ1v) is 15.9. The van der Waals surface area contributed by atoms with Crippen LogP contribution in [0.25, 0.3) is 21.6 Å². The number of thiazole rings is 1. The number of sulfonamides is 1. The van der Waals surface area contributed by atoms with Gasteiger partial charge in [-0.25, -0.2) is 13.4 Å². The number of aromatic nitrogens is 3. The number of fused-ring (bicyclic) bond motifs is 1. The molecule has 2 fully saturated rings. The predicted molar refractivity (Wildman–Crippen MR) is 164 cm³/mol. The normalized spacial score (nSPS) is 19.2. The Labute approximate surface area is 240 Å². The van der Waals surface area contributed by atoms with Gasteiger partial charge in [-0.2, -0.15) is 0 Å². The van der Waals surface area contributed by atoms with Crippen LogP contribution in [0.15, 0.2) is 78.0 Å². The van der Waals surface area contributed by atoms with E-state index in [-0.39, 0.29) is 7.43 Å². The number of nitrogens with one attached hydrogen (secondary N) is 1. The minimum atomic E-state index is -3.60. The number of likely N-dealkylation sites (tertiary alicyclic amines) is 1. The van der Waals surface area contributed by atoms with Gasteiger partial charge >= 0.3 is 0 Å². The molecule has 0 bridgehead atoms. The van der Waals surface area contributed by atoms with Gasteiger partial charge in [0, 0.05) is 42.2 Å². The van der Waals surface area contributed by atoms with Crippen LogP contribution in [0.2, 0.25) is 0 Å². The van der Waals surface area contributed by atoms with E-state index in [0.717, 1.165) is 59.7 Å². The largest absolute Gasteiger partial charge is 0.351 e. The van der Waals surface area contributed by atoms with E-state index in [2.05, 4.69) is 33.1 Å². The zero-order valence-electron chi connectivity index (χ0n) is 21.7. The molecule has 1 aliphatic heterocycles. The quantitative estimate of drug-likeness (QED) is 0.232. The molecular weight excluding hydrogens is 539 g/mol. The lowest BCUT2D eigenvalue weighted by Gasteiger charge is -2.25. The van der Waals surface area contributed by atoms with E-state index in [4.69, 9.17) is 4.98 Å². The number of aromatic amines is 1. The number of para-hydroxylation sites is 1. The maximum atomic E-state index is 13.7. The van der Waals surface area contributed by atoms with E-state index >= 15 is 0 Å². The summed E-state index contributed by atoms with van der Waals surface area (Å²) < 4.78 is 29.0.